The van der Waals surface area contributed by atoms with E-state index in [1.54, 1.807) is 18.6 Å². The van der Waals surface area contributed by atoms with Gasteiger partial charge in [0.2, 0.25) is 0 Å². The molecule has 0 saturated carbocycles. The van der Waals surface area contributed by atoms with Gasteiger partial charge in [-0.1, -0.05) is 19.1 Å². The summed E-state index contributed by atoms with van der Waals surface area (Å²) in [7, 11) is 4.10. The number of nitrogens with one attached hydrogen (secondary N) is 1. The second kappa shape index (κ2) is 9.19. The summed E-state index contributed by atoms with van der Waals surface area (Å²) in [6.07, 6.45) is 6.50. The van der Waals surface area contributed by atoms with Crippen molar-refractivity contribution in [1.29, 1.82) is 0 Å². The first-order valence-corrected chi connectivity index (χ1v) is 11.2. The third-order valence-electron chi connectivity index (χ3n) is 5.77. The Bertz CT molecular complexity index is 1430. The van der Waals surface area contributed by atoms with E-state index in [1.165, 1.54) is 6.20 Å². The summed E-state index contributed by atoms with van der Waals surface area (Å²) >= 11 is 0. The van der Waals surface area contributed by atoms with Crippen LogP contribution in [0.25, 0.3) is 44.3 Å². The SMILES string of the molecule is CC(COc1ccc(-c2c(F)cnc3[nH]c4cnc(-c5cccnc5)cc4c23)cc1)CN(C)C. The van der Waals surface area contributed by atoms with Crippen molar-refractivity contribution in [3.63, 3.8) is 0 Å². The lowest BCUT2D eigenvalue weighted by molar-refractivity contribution is 0.222. The van der Waals surface area contributed by atoms with E-state index in [9.17, 15) is 0 Å². The van der Waals surface area contributed by atoms with Crippen LogP contribution >= 0.6 is 0 Å². The van der Waals surface area contributed by atoms with E-state index < -0.39 is 0 Å². The van der Waals surface area contributed by atoms with Crippen LogP contribution in [0.5, 0.6) is 5.75 Å². The molecule has 1 aromatic carbocycles. The second-order valence-electron chi connectivity index (χ2n) is 8.89. The molecule has 5 aromatic rings. The number of hydrogen-bond donors (Lipinski definition) is 1. The molecule has 1 atom stereocenters. The molecule has 4 aromatic heterocycles. The van der Waals surface area contributed by atoms with Crippen LogP contribution in [0, 0.1) is 11.7 Å². The predicted octanol–water partition coefficient (Wildman–Crippen LogP) is 5.56. The summed E-state index contributed by atoms with van der Waals surface area (Å²) in [5, 5.41) is 1.60. The van der Waals surface area contributed by atoms with Crippen molar-refractivity contribution < 1.29 is 9.13 Å². The van der Waals surface area contributed by atoms with Gasteiger partial charge in [0, 0.05) is 46.8 Å². The van der Waals surface area contributed by atoms with Crippen LogP contribution in [0.2, 0.25) is 0 Å². The van der Waals surface area contributed by atoms with Crippen LogP contribution < -0.4 is 4.74 Å². The van der Waals surface area contributed by atoms with Gasteiger partial charge in [-0.05, 0) is 50.0 Å². The molecule has 34 heavy (non-hydrogen) atoms. The number of pyridine rings is 3. The molecule has 0 aliphatic heterocycles. The number of nitrogens with zero attached hydrogens (tertiary/aromatic N) is 4. The minimum Gasteiger partial charge on any atom is -0.493 e. The number of H-pyrrole nitrogens is 1. The molecule has 0 bridgehead atoms. The highest BCUT2D eigenvalue weighted by Crippen LogP contribution is 2.37. The van der Waals surface area contributed by atoms with E-state index in [2.05, 4.69) is 45.9 Å². The second-order valence-corrected chi connectivity index (χ2v) is 8.89. The average molecular weight is 456 g/mol. The molecule has 4 heterocycles. The Morgan fingerprint density at radius 2 is 1.85 bits per heavy atom. The van der Waals surface area contributed by atoms with Crippen molar-refractivity contribution in [2.24, 2.45) is 5.92 Å². The molecule has 0 aliphatic rings. The van der Waals surface area contributed by atoms with Gasteiger partial charge in [0.25, 0.3) is 0 Å². The Morgan fingerprint density at radius 1 is 1.03 bits per heavy atom. The van der Waals surface area contributed by atoms with Gasteiger partial charge < -0.3 is 14.6 Å². The highest BCUT2D eigenvalue weighted by Gasteiger charge is 2.17. The number of hydrogen-bond acceptors (Lipinski definition) is 5. The van der Waals surface area contributed by atoms with Gasteiger partial charge >= 0.3 is 0 Å². The molecule has 0 radical (unpaired) electrons. The Morgan fingerprint density at radius 3 is 2.59 bits per heavy atom. The van der Waals surface area contributed by atoms with Crippen molar-refractivity contribution in [2.45, 2.75) is 6.92 Å². The third-order valence-corrected chi connectivity index (χ3v) is 5.77. The molecule has 6 nitrogen and oxygen atoms in total. The lowest BCUT2D eigenvalue weighted by Gasteiger charge is -2.17. The molecule has 7 heteroatoms. The van der Waals surface area contributed by atoms with E-state index in [-0.39, 0.29) is 5.82 Å². The minimum atomic E-state index is -0.374. The summed E-state index contributed by atoms with van der Waals surface area (Å²) in [4.78, 5) is 18.4. The van der Waals surface area contributed by atoms with Crippen LogP contribution in [-0.2, 0) is 0 Å². The van der Waals surface area contributed by atoms with Crippen LogP contribution in [0.1, 0.15) is 6.92 Å². The van der Waals surface area contributed by atoms with Gasteiger partial charge in [-0.25, -0.2) is 9.37 Å². The number of fused-ring (bicyclic) bond motifs is 3. The molecular weight excluding hydrogens is 429 g/mol. The van der Waals surface area contributed by atoms with Gasteiger partial charge in [0.05, 0.1) is 30.2 Å². The largest absolute Gasteiger partial charge is 0.493 e. The number of rotatable bonds is 7. The average Bonchev–Trinajstić information content (AvgIpc) is 3.21. The minimum absolute atomic E-state index is 0.374. The summed E-state index contributed by atoms with van der Waals surface area (Å²) < 4.78 is 21.1. The Labute approximate surface area is 197 Å². The number of halogens is 1. The Hall–Kier alpha value is -3.84. The van der Waals surface area contributed by atoms with Crippen molar-refractivity contribution in [3.8, 4) is 28.1 Å². The molecule has 5 rings (SSSR count). The number of aromatic amines is 1. The highest BCUT2D eigenvalue weighted by molar-refractivity contribution is 6.13. The maximum atomic E-state index is 15.2. The van der Waals surface area contributed by atoms with Gasteiger partial charge in [0.1, 0.15) is 17.2 Å². The van der Waals surface area contributed by atoms with Crippen molar-refractivity contribution in [3.05, 3.63) is 73.1 Å². The molecule has 0 saturated heterocycles. The van der Waals surface area contributed by atoms with Gasteiger partial charge in [0.15, 0.2) is 0 Å². The first kappa shape index (κ1) is 22.0. The summed E-state index contributed by atoms with van der Waals surface area (Å²) in [6, 6.07) is 13.3. The summed E-state index contributed by atoms with van der Waals surface area (Å²) in [5.41, 5.74) is 4.36. The van der Waals surface area contributed by atoms with Crippen LogP contribution in [0.3, 0.4) is 0 Å². The van der Waals surface area contributed by atoms with Crippen LogP contribution in [0.4, 0.5) is 4.39 Å². The maximum Gasteiger partial charge on any atom is 0.150 e. The number of benzene rings is 1. The molecule has 0 aliphatic carbocycles. The van der Waals surface area contributed by atoms with Gasteiger partial charge in [-0.3, -0.25) is 9.97 Å². The third kappa shape index (κ3) is 4.34. The first-order chi connectivity index (χ1) is 16.5. The smallest absolute Gasteiger partial charge is 0.150 e. The quantitative estimate of drug-likeness (QED) is 0.348. The molecule has 1 N–H and O–H groups in total. The van der Waals surface area contributed by atoms with E-state index >= 15 is 4.39 Å². The number of aromatic nitrogens is 4. The fourth-order valence-electron chi connectivity index (χ4n) is 4.32. The van der Waals surface area contributed by atoms with Crippen LogP contribution in [-0.4, -0.2) is 52.1 Å². The van der Waals surface area contributed by atoms with Crippen LogP contribution in [0.15, 0.2) is 67.3 Å². The molecule has 172 valence electrons. The fraction of sp³-hybridized carbons (Fsp3) is 0.222. The number of ether oxygens (including phenoxy) is 1. The monoisotopic (exact) mass is 455 g/mol. The zero-order valence-corrected chi connectivity index (χ0v) is 19.4. The molecule has 0 spiro atoms. The highest BCUT2D eigenvalue weighted by atomic mass is 19.1. The summed E-state index contributed by atoms with van der Waals surface area (Å²) in [5.74, 6) is 0.796. The molecule has 0 fully saturated rings. The summed E-state index contributed by atoms with van der Waals surface area (Å²) in [6.45, 7) is 3.73. The van der Waals surface area contributed by atoms with E-state index in [4.69, 9.17) is 4.74 Å². The van der Waals surface area contributed by atoms with Gasteiger partial charge in [-0.2, -0.15) is 0 Å². The van der Waals surface area contributed by atoms with Crippen molar-refractivity contribution in [1.82, 2.24) is 24.8 Å². The topological polar surface area (TPSA) is 66.9 Å². The Kier molecular flexibility index (Phi) is 5.94. The molecular formula is C27H26FN5O. The zero-order valence-electron chi connectivity index (χ0n) is 19.4. The normalized spacial score (nSPS) is 12.5. The zero-order chi connectivity index (χ0) is 23.7. The lowest BCUT2D eigenvalue weighted by Crippen LogP contribution is -2.24. The van der Waals surface area contributed by atoms with Gasteiger partial charge in [-0.15, -0.1) is 0 Å². The lowest BCUT2D eigenvalue weighted by atomic mass is 10.0. The van der Waals surface area contributed by atoms with Crippen molar-refractivity contribution in [2.75, 3.05) is 27.2 Å². The van der Waals surface area contributed by atoms with E-state index in [0.717, 1.165) is 45.4 Å². The fourth-order valence-corrected chi connectivity index (χ4v) is 4.32. The predicted molar refractivity (Wildman–Crippen MR) is 133 cm³/mol. The molecule has 0 amide bonds. The van der Waals surface area contributed by atoms with Crippen molar-refractivity contribution >= 4 is 21.9 Å². The molecule has 1 unspecified atom stereocenters. The Balaban J connectivity index is 1.53. The first-order valence-electron chi connectivity index (χ1n) is 11.2. The van der Waals surface area contributed by atoms with E-state index in [0.29, 0.717) is 23.7 Å². The maximum absolute atomic E-state index is 15.2. The standard InChI is InChI=1S/C27H26FN5O/c1-17(15-33(2)3)16-34-20-8-6-18(7-9-20)25-22(28)13-31-27-26(25)21-11-23(30-14-24(21)32-27)19-5-4-10-29-12-19/h4-14,17H,15-16H2,1-3H3,(H,31,32). The van der Waals surface area contributed by atoms with E-state index in [1.807, 2.05) is 42.5 Å².